The first kappa shape index (κ1) is 21.4. The quantitative estimate of drug-likeness (QED) is 0.379. The maximum absolute atomic E-state index is 12.5. The molecule has 0 unspecified atom stereocenters. The van der Waals surface area contributed by atoms with Gasteiger partial charge in [0.15, 0.2) is 0 Å². The van der Waals surface area contributed by atoms with Crippen LogP contribution in [0.3, 0.4) is 0 Å². The fourth-order valence-corrected chi connectivity index (χ4v) is 3.42. The van der Waals surface area contributed by atoms with E-state index < -0.39 is 22.3 Å². The number of benzene rings is 1. The molecule has 0 bridgehead atoms. The van der Waals surface area contributed by atoms with E-state index in [4.69, 9.17) is 18.8 Å². The van der Waals surface area contributed by atoms with E-state index in [2.05, 4.69) is 0 Å². The molecule has 1 aliphatic heterocycles. The summed E-state index contributed by atoms with van der Waals surface area (Å²) in [6, 6.07) is 8.92. The normalized spacial score (nSPS) is 20.3. The Balaban J connectivity index is 1.94. The molecule has 2 atom stereocenters. The third kappa shape index (κ3) is 7.67. The highest BCUT2D eigenvalue weighted by Crippen LogP contribution is 2.23. The van der Waals surface area contributed by atoms with Gasteiger partial charge in [-0.25, -0.2) is 4.79 Å². The Hall–Kier alpha value is -1.94. The summed E-state index contributed by atoms with van der Waals surface area (Å²) in [7, 11) is -3.63. The topological polar surface area (TPSA) is 102 Å². The Bertz CT molecular complexity index is 720. The molecule has 1 aromatic rings. The van der Waals surface area contributed by atoms with Crippen LogP contribution in [0.1, 0.15) is 12.0 Å². The van der Waals surface area contributed by atoms with Gasteiger partial charge in [-0.1, -0.05) is 42.5 Å². The smallest absolute Gasteiger partial charge is 0.410 e. The van der Waals surface area contributed by atoms with Crippen LogP contribution in [0, 0.1) is 0 Å². The molecule has 0 aliphatic carbocycles. The van der Waals surface area contributed by atoms with Crippen LogP contribution in [0.15, 0.2) is 42.5 Å². The zero-order valence-electron chi connectivity index (χ0n) is 15.2. The summed E-state index contributed by atoms with van der Waals surface area (Å²) in [5, 5.41) is 8.70. The van der Waals surface area contributed by atoms with Crippen molar-refractivity contribution in [2.45, 2.75) is 25.2 Å². The zero-order chi connectivity index (χ0) is 19.7. The first-order valence-corrected chi connectivity index (χ1v) is 10.4. The maximum atomic E-state index is 12.5. The van der Waals surface area contributed by atoms with Gasteiger partial charge >= 0.3 is 6.09 Å². The van der Waals surface area contributed by atoms with E-state index in [1.807, 2.05) is 30.3 Å². The molecule has 1 aromatic carbocycles. The van der Waals surface area contributed by atoms with Crippen molar-refractivity contribution in [1.82, 2.24) is 4.90 Å². The number of carbonyl (C=O) groups is 1. The van der Waals surface area contributed by atoms with Crippen LogP contribution < -0.4 is 0 Å². The number of rotatable bonds is 9. The van der Waals surface area contributed by atoms with E-state index in [-0.39, 0.29) is 39.0 Å². The van der Waals surface area contributed by atoms with E-state index in [1.54, 1.807) is 12.2 Å². The molecule has 0 spiro atoms. The predicted octanol–water partition coefficient (Wildman–Crippen LogP) is 1.31. The molecule has 2 rings (SSSR count). The first-order valence-electron chi connectivity index (χ1n) is 8.58. The molecular weight excluding hydrogens is 374 g/mol. The van der Waals surface area contributed by atoms with Gasteiger partial charge in [-0.15, -0.1) is 0 Å². The molecule has 27 heavy (non-hydrogen) atoms. The SMILES string of the molecule is CS(=O)(=O)O[C@@H]1C[C@@H](COC/C=C/CO)N(C(=O)OCc2ccccc2)C1. The second-order valence-corrected chi connectivity index (χ2v) is 7.80. The monoisotopic (exact) mass is 399 g/mol. The molecule has 9 heteroatoms. The molecular formula is C18H25NO7S. The molecule has 1 heterocycles. The lowest BCUT2D eigenvalue weighted by Crippen LogP contribution is -2.39. The second-order valence-electron chi connectivity index (χ2n) is 6.20. The van der Waals surface area contributed by atoms with Gasteiger partial charge in [-0.3, -0.25) is 4.18 Å². The Morgan fingerprint density at radius 3 is 2.70 bits per heavy atom. The van der Waals surface area contributed by atoms with E-state index in [0.717, 1.165) is 11.8 Å². The van der Waals surface area contributed by atoms with Crippen molar-refractivity contribution < 1.29 is 32.0 Å². The molecule has 1 fully saturated rings. The van der Waals surface area contributed by atoms with E-state index in [1.165, 1.54) is 4.90 Å². The average Bonchev–Trinajstić information content (AvgIpc) is 3.01. The lowest BCUT2D eigenvalue weighted by Gasteiger charge is -2.23. The summed E-state index contributed by atoms with van der Waals surface area (Å²) in [4.78, 5) is 13.9. The minimum absolute atomic E-state index is 0.0744. The highest BCUT2D eigenvalue weighted by Gasteiger charge is 2.38. The predicted molar refractivity (Wildman–Crippen MR) is 98.5 cm³/mol. The van der Waals surface area contributed by atoms with Crippen LogP contribution in [-0.4, -0.2) is 69.3 Å². The van der Waals surface area contributed by atoms with Gasteiger partial charge < -0.3 is 19.5 Å². The van der Waals surface area contributed by atoms with Crippen LogP contribution in [0.25, 0.3) is 0 Å². The largest absolute Gasteiger partial charge is 0.445 e. The summed E-state index contributed by atoms with van der Waals surface area (Å²) >= 11 is 0. The minimum Gasteiger partial charge on any atom is -0.445 e. The zero-order valence-corrected chi connectivity index (χ0v) is 16.0. The van der Waals surface area contributed by atoms with Crippen molar-refractivity contribution in [2.75, 3.05) is 32.6 Å². The molecule has 1 N–H and O–H groups in total. The Morgan fingerprint density at radius 1 is 1.30 bits per heavy atom. The molecule has 150 valence electrons. The van der Waals surface area contributed by atoms with Gasteiger partial charge in [0.2, 0.25) is 0 Å². The molecule has 8 nitrogen and oxygen atoms in total. The van der Waals surface area contributed by atoms with Crippen molar-refractivity contribution in [3.63, 3.8) is 0 Å². The van der Waals surface area contributed by atoms with E-state index >= 15 is 0 Å². The van der Waals surface area contributed by atoms with Crippen molar-refractivity contribution in [3.05, 3.63) is 48.0 Å². The van der Waals surface area contributed by atoms with Gasteiger partial charge in [0.25, 0.3) is 10.1 Å². The Labute approximate surface area is 159 Å². The van der Waals surface area contributed by atoms with Crippen LogP contribution in [-0.2, 0) is 30.4 Å². The second kappa shape index (κ2) is 10.4. The first-order chi connectivity index (χ1) is 12.9. The molecule has 1 aliphatic rings. The minimum atomic E-state index is -3.63. The fourth-order valence-electron chi connectivity index (χ4n) is 2.79. The number of nitrogens with zero attached hydrogens (tertiary/aromatic N) is 1. The number of hydrogen-bond acceptors (Lipinski definition) is 7. The number of aliphatic hydroxyl groups is 1. The van der Waals surface area contributed by atoms with Crippen LogP contribution in [0.5, 0.6) is 0 Å². The summed E-state index contributed by atoms with van der Waals surface area (Å²) in [5.74, 6) is 0. The van der Waals surface area contributed by atoms with Gasteiger partial charge in [-0.05, 0) is 12.0 Å². The molecule has 0 radical (unpaired) electrons. The molecule has 0 saturated carbocycles. The highest BCUT2D eigenvalue weighted by molar-refractivity contribution is 7.86. The number of aliphatic hydroxyl groups excluding tert-OH is 1. The van der Waals surface area contributed by atoms with Crippen molar-refractivity contribution >= 4 is 16.2 Å². The van der Waals surface area contributed by atoms with E-state index in [0.29, 0.717) is 6.42 Å². The lowest BCUT2D eigenvalue weighted by atomic mass is 10.2. The van der Waals surface area contributed by atoms with Gasteiger partial charge in [-0.2, -0.15) is 8.42 Å². The van der Waals surface area contributed by atoms with Gasteiger partial charge in [0.1, 0.15) is 6.61 Å². The number of carbonyl (C=O) groups excluding carboxylic acids is 1. The van der Waals surface area contributed by atoms with Crippen LogP contribution in [0.4, 0.5) is 4.79 Å². The van der Waals surface area contributed by atoms with Gasteiger partial charge in [0, 0.05) is 0 Å². The van der Waals surface area contributed by atoms with Gasteiger partial charge in [0.05, 0.1) is 44.8 Å². The summed E-state index contributed by atoms with van der Waals surface area (Å²) in [6.07, 6.45) is 3.35. The fraction of sp³-hybridized carbons (Fsp3) is 0.500. The summed E-state index contributed by atoms with van der Waals surface area (Å²) < 4.78 is 38.7. The third-order valence-corrected chi connectivity index (χ3v) is 4.54. The van der Waals surface area contributed by atoms with Crippen LogP contribution >= 0.6 is 0 Å². The van der Waals surface area contributed by atoms with E-state index in [9.17, 15) is 13.2 Å². The summed E-state index contributed by atoms with van der Waals surface area (Å²) in [5.41, 5.74) is 0.857. The van der Waals surface area contributed by atoms with Crippen LogP contribution in [0.2, 0.25) is 0 Å². The molecule has 1 saturated heterocycles. The molecule has 0 aromatic heterocycles. The Kier molecular flexibility index (Phi) is 8.23. The number of ether oxygens (including phenoxy) is 2. The van der Waals surface area contributed by atoms with Crippen molar-refractivity contribution in [3.8, 4) is 0 Å². The highest BCUT2D eigenvalue weighted by atomic mass is 32.2. The van der Waals surface area contributed by atoms with Crippen molar-refractivity contribution in [2.24, 2.45) is 0 Å². The lowest BCUT2D eigenvalue weighted by molar-refractivity contribution is 0.0622. The number of amides is 1. The van der Waals surface area contributed by atoms with Crippen molar-refractivity contribution in [1.29, 1.82) is 0 Å². The summed E-state index contributed by atoms with van der Waals surface area (Å²) in [6.45, 7) is 0.651. The standard InChI is InChI=1S/C18H25NO7S/c1-27(22,23)26-17-11-16(14-24-10-6-5-9-20)19(12-17)18(21)25-13-15-7-3-2-4-8-15/h2-8,16-17,20H,9-14H2,1H3/b6-5+/t16-,17+/m0/s1. The number of likely N-dealkylation sites (tertiary alicyclic amines) is 1. The Morgan fingerprint density at radius 2 is 2.04 bits per heavy atom. The third-order valence-electron chi connectivity index (χ3n) is 3.92. The number of hydrogen-bond donors (Lipinski definition) is 1. The maximum Gasteiger partial charge on any atom is 0.410 e. The molecule has 1 amide bonds. The average molecular weight is 399 g/mol.